The molecule has 1 rings (SSSR count). The zero-order chi connectivity index (χ0) is 8.59. The number of aromatic nitrogens is 3. The first kappa shape index (κ1) is 8.88. The molecule has 8 heteroatoms. The van der Waals surface area contributed by atoms with E-state index >= 15 is 0 Å². The van der Waals surface area contributed by atoms with Crippen LogP contribution in [0.4, 0.5) is 0 Å². The van der Waals surface area contributed by atoms with Gasteiger partial charge in [-0.05, 0) is 12.2 Å². The zero-order valence-electron chi connectivity index (χ0n) is 4.88. The first-order chi connectivity index (χ1) is 5.04. The summed E-state index contributed by atoms with van der Waals surface area (Å²) in [6.45, 7) is 0. The van der Waals surface area contributed by atoms with Crippen molar-refractivity contribution in [3.63, 3.8) is 0 Å². The van der Waals surface area contributed by atoms with Gasteiger partial charge in [0.2, 0.25) is 4.77 Å². The molecule has 0 radical (unpaired) electrons. The predicted molar refractivity (Wildman–Crippen MR) is 48.8 cm³/mol. The SMILES string of the molecule is O=c1[nH]c(=O)n(Br)c(=S)n1Br. The highest BCUT2D eigenvalue weighted by molar-refractivity contribution is 9.08. The highest BCUT2D eigenvalue weighted by Gasteiger charge is 2.00. The van der Waals surface area contributed by atoms with Crippen LogP contribution < -0.4 is 11.4 Å². The number of H-pyrrole nitrogens is 1. The molecule has 60 valence electrons. The van der Waals surface area contributed by atoms with Gasteiger partial charge in [-0.2, -0.15) is 0 Å². The molecule has 0 amide bonds. The van der Waals surface area contributed by atoms with Crippen molar-refractivity contribution in [2.45, 2.75) is 0 Å². The van der Waals surface area contributed by atoms with Gasteiger partial charge in [0.05, 0.1) is 32.3 Å². The fraction of sp³-hybridized carbons (Fsp3) is 0. The van der Waals surface area contributed by atoms with Crippen LogP contribution in [-0.4, -0.2) is 12.2 Å². The second-order valence-corrected chi connectivity index (χ2v) is 3.36. The number of hydrogen-bond acceptors (Lipinski definition) is 3. The minimum absolute atomic E-state index is 0.0405. The van der Waals surface area contributed by atoms with Gasteiger partial charge in [0.15, 0.2) is 0 Å². The van der Waals surface area contributed by atoms with Crippen molar-refractivity contribution in [2.24, 2.45) is 0 Å². The van der Waals surface area contributed by atoms with E-state index in [4.69, 9.17) is 0 Å². The molecular weight excluding hydrogens is 302 g/mol. The lowest BCUT2D eigenvalue weighted by Crippen LogP contribution is -2.31. The molecule has 0 aromatic carbocycles. The van der Waals surface area contributed by atoms with Crippen molar-refractivity contribution in [2.75, 3.05) is 0 Å². The Morgan fingerprint density at radius 1 is 1.18 bits per heavy atom. The highest BCUT2D eigenvalue weighted by Crippen LogP contribution is 1.92. The third kappa shape index (κ3) is 1.52. The molecule has 5 nitrogen and oxygen atoms in total. The largest absolute Gasteiger partial charge is 0.342 e. The summed E-state index contributed by atoms with van der Waals surface area (Å²) >= 11 is 10.4. The topological polar surface area (TPSA) is 59.8 Å². The molecule has 1 aromatic heterocycles. The summed E-state index contributed by atoms with van der Waals surface area (Å²) in [5.74, 6) is 0. The Morgan fingerprint density at radius 3 is 1.91 bits per heavy atom. The van der Waals surface area contributed by atoms with E-state index in [0.29, 0.717) is 0 Å². The lowest BCUT2D eigenvalue weighted by molar-refractivity contribution is 0.867. The smallest absolute Gasteiger partial charge is 0.257 e. The standard InChI is InChI=1S/C3HBr2N3O2S/c4-7-1(9)6-2(10)8(5)3(7)11/h(H,6,9,10). The average molecular weight is 303 g/mol. The minimum atomic E-state index is -0.601. The van der Waals surface area contributed by atoms with Crippen LogP contribution in [0.1, 0.15) is 0 Å². The Hall–Kier alpha value is -0.210. The second kappa shape index (κ2) is 3.03. The fourth-order valence-electron chi connectivity index (χ4n) is 0.440. The normalized spacial score (nSPS) is 10.0. The van der Waals surface area contributed by atoms with Crippen molar-refractivity contribution in [1.29, 1.82) is 0 Å². The number of aromatic amines is 1. The first-order valence-corrected chi connectivity index (χ1v) is 4.17. The first-order valence-electron chi connectivity index (χ1n) is 2.34. The van der Waals surface area contributed by atoms with Crippen molar-refractivity contribution < 1.29 is 0 Å². The van der Waals surface area contributed by atoms with Crippen molar-refractivity contribution in [1.82, 2.24) is 12.2 Å². The molecule has 1 heterocycles. The molecule has 11 heavy (non-hydrogen) atoms. The van der Waals surface area contributed by atoms with Gasteiger partial charge in [0, 0.05) is 0 Å². The van der Waals surface area contributed by atoms with Gasteiger partial charge in [0.1, 0.15) is 0 Å². The molecule has 0 aliphatic rings. The van der Waals surface area contributed by atoms with Crippen molar-refractivity contribution >= 4 is 44.5 Å². The lowest BCUT2D eigenvalue weighted by atomic mass is 11.0. The maximum atomic E-state index is 10.8. The molecule has 0 fully saturated rings. The van der Waals surface area contributed by atoms with Crippen LogP contribution in [0.3, 0.4) is 0 Å². The summed E-state index contributed by atoms with van der Waals surface area (Å²) in [5.41, 5.74) is -1.20. The van der Waals surface area contributed by atoms with E-state index in [0.717, 1.165) is 7.19 Å². The van der Waals surface area contributed by atoms with Gasteiger partial charge in [-0.3, -0.25) is 4.98 Å². The van der Waals surface area contributed by atoms with Crippen LogP contribution in [0.15, 0.2) is 9.59 Å². The van der Waals surface area contributed by atoms with Crippen molar-refractivity contribution in [3.8, 4) is 0 Å². The Balaban J connectivity index is 3.89. The molecule has 1 aromatic rings. The minimum Gasteiger partial charge on any atom is -0.257 e. The van der Waals surface area contributed by atoms with Crippen LogP contribution in [0.25, 0.3) is 0 Å². The number of halogens is 2. The molecule has 0 unspecified atom stereocenters. The van der Waals surface area contributed by atoms with Gasteiger partial charge in [-0.1, -0.05) is 0 Å². The number of rotatable bonds is 0. The molecule has 0 aliphatic carbocycles. The third-order valence-corrected chi connectivity index (χ3v) is 3.06. The molecule has 1 N–H and O–H groups in total. The Labute approximate surface area is 82.3 Å². The quantitative estimate of drug-likeness (QED) is 0.705. The zero-order valence-corrected chi connectivity index (χ0v) is 8.86. The lowest BCUT2D eigenvalue weighted by Gasteiger charge is -1.95. The Morgan fingerprint density at radius 2 is 1.55 bits per heavy atom. The van der Waals surface area contributed by atoms with Gasteiger partial charge in [0.25, 0.3) is 0 Å². The van der Waals surface area contributed by atoms with Crippen molar-refractivity contribution in [3.05, 3.63) is 25.7 Å². The maximum absolute atomic E-state index is 10.8. The van der Waals surface area contributed by atoms with Crippen LogP contribution in [0.2, 0.25) is 0 Å². The van der Waals surface area contributed by atoms with Crippen LogP contribution in [-0.2, 0) is 0 Å². The summed E-state index contributed by atoms with van der Waals surface area (Å²) in [7, 11) is 0. The molecule has 0 saturated heterocycles. The van der Waals surface area contributed by atoms with E-state index in [9.17, 15) is 9.59 Å². The van der Waals surface area contributed by atoms with E-state index in [-0.39, 0.29) is 4.77 Å². The second-order valence-electron chi connectivity index (χ2n) is 1.58. The Bertz CT molecular complexity index is 406. The monoisotopic (exact) mass is 301 g/mol. The number of nitrogens with one attached hydrogen (secondary N) is 1. The number of nitrogens with zero attached hydrogens (tertiary/aromatic N) is 2. The third-order valence-electron chi connectivity index (χ3n) is 0.906. The van der Waals surface area contributed by atoms with Gasteiger partial charge in [-0.15, -0.1) is 0 Å². The summed E-state index contributed by atoms with van der Waals surface area (Å²) in [5, 5.41) is 0. The van der Waals surface area contributed by atoms with Crippen LogP contribution in [0.5, 0.6) is 0 Å². The molecular formula is C3HBr2N3O2S. The van der Waals surface area contributed by atoms with Crippen LogP contribution in [0, 0.1) is 4.77 Å². The summed E-state index contributed by atoms with van der Waals surface area (Å²) in [6.07, 6.45) is 0. The van der Waals surface area contributed by atoms with Gasteiger partial charge >= 0.3 is 11.4 Å². The van der Waals surface area contributed by atoms with E-state index in [1.807, 2.05) is 4.98 Å². The van der Waals surface area contributed by atoms with E-state index in [1.165, 1.54) is 0 Å². The molecule has 0 bridgehead atoms. The van der Waals surface area contributed by atoms with Gasteiger partial charge < -0.3 is 0 Å². The van der Waals surface area contributed by atoms with E-state index < -0.39 is 11.4 Å². The predicted octanol–water partition coefficient (Wildman–Crippen LogP) is 0.384. The Kier molecular flexibility index (Phi) is 2.45. The molecule has 0 saturated carbocycles. The summed E-state index contributed by atoms with van der Waals surface area (Å²) in [4.78, 5) is 23.5. The fourth-order valence-corrected chi connectivity index (χ4v) is 1.31. The molecule has 0 atom stereocenters. The van der Waals surface area contributed by atoms with Gasteiger partial charge in [-0.25, -0.2) is 16.8 Å². The van der Waals surface area contributed by atoms with E-state index in [2.05, 4.69) is 44.5 Å². The molecule has 0 spiro atoms. The summed E-state index contributed by atoms with van der Waals surface area (Å²) < 4.78 is 1.95. The number of hydrogen-bond donors (Lipinski definition) is 1. The average Bonchev–Trinajstić information content (AvgIpc) is 1.97. The van der Waals surface area contributed by atoms with E-state index in [1.54, 1.807) is 0 Å². The highest BCUT2D eigenvalue weighted by atomic mass is 79.9. The molecule has 0 aliphatic heterocycles. The summed E-state index contributed by atoms with van der Waals surface area (Å²) in [6, 6.07) is 0. The van der Waals surface area contributed by atoms with Crippen LogP contribution >= 0.6 is 44.5 Å². The maximum Gasteiger partial charge on any atom is 0.342 e.